The molecule has 0 spiro atoms. The highest BCUT2D eigenvalue weighted by molar-refractivity contribution is 5.86. The molecule has 1 N–H and O–H groups in total. The van der Waals surface area contributed by atoms with Crippen LogP contribution >= 0.6 is 0 Å². The molecule has 0 saturated carbocycles. The molecule has 0 unspecified atom stereocenters. The predicted molar refractivity (Wildman–Crippen MR) is 104 cm³/mol. The third-order valence-electron chi connectivity index (χ3n) is 4.56. The lowest BCUT2D eigenvalue weighted by atomic mass is 10.0. The van der Waals surface area contributed by atoms with Gasteiger partial charge in [-0.25, -0.2) is 4.79 Å². The number of hydrogen-bond donors (Lipinski definition) is 1. The summed E-state index contributed by atoms with van der Waals surface area (Å²) in [5, 5.41) is 10.6. The second kappa shape index (κ2) is 9.28. The van der Waals surface area contributed by atoms with Gasteiger partial charge in [0.2, 0.25) is 0 Å². The van der Waals surface area contributed by atoms with E-state index in [-0.39, 0.29) is 12.3 Å². The van der Waals surface area contributed by atoms with E-state index in [1.807, 2.05) is 6.07 Å². The van der Waals surface area contributed by atoms with E-state index in [4.69, 9.17) is 9.47 Å². The lowest BCUT2D eigenvalue weighted by molar-refractivity contribution is 0.140. The number of hydroxylamine groups is 1. The summed E-state index contributed by atoms with van der Waals surface area (Å²) in [5.74, 6) is 1.29. The Balaban J connectivity index is 2.38. The highest BCUT2D eigenvalue weighted by Crippen LogP contribution is 2.32. The van der Waals surface area contributed by atoms with E-state index in [2.05, 4.69) is 31.6 Å². The van der Waals surface area contributed by atoms with Crippen molar-refractivity contribution in [3.8, 4) is 11.5 Å². The van der Waals surface area contributed by atoms with Gasteiger partial charge in [0.15, 0.2) is 0 Å². The summed E-state index contributed by atoms with van der Waals surface area (Å²) in [6, 6.07) is 9.23. The average Bonchev–Trinajstić information content (AvgIpc) is 2.70. The molecule has 2 rings (SSSR count). The fourth-order valence-electron chi connectivity index (χ4n) is 2.99. The Hall–Kier alpha value is -2.73. The summed E-state index contributed by atoms with van der Waals surface area (Å²) in [4.78, 5) is 11.7. The molecule has 27 heavy (non-hydrogen) atoms. The number of benzene rings is 2. The first-order valence-electron chi connectivity index (χ1n) is 8.94. The molecule has 0 aliphatic carbocycles. The third kappa shape index (κ3) is 4.52. The van der Waals surface area contributed by atoms with Gasteiger partial charge in [-0.05, 0) is 54.7 Å². The Kier molecular flexibility index (Phi) is 7.07. The van der Waals surface area contributed by atoms with E-state index in [1.54, 1.807) is 18.2 Å². The van der Waals surface area contributed by atoms with E-state index >= 15 is 0 Å². The normalized spacial score (nSPS) is 10.4. The van der Waals surface area contributed by atoms with Crippen LogP contribution in [0.15, 0.2) is 30.3 Å². The maximum absolute atomic E-state index is 11.7. The molecule has 146 valence electrons. The second-order valence-electron chi connectivity index (χ2n) is 6.12. The number of anilines is 1. The van der Waals surface area contributed by atoms with Crippen LogP contribution in [0.1, 0.15) is 36.1 Å². The molecule has 0 atom stereocenters. The van der Waals surface area contributed by atoms with Gasteiger partial charge >= 0.3 is 6.09 Å². The van der Waals surface area contributed by atoms with Crippen molar-refractivity contribution in [1.29, 1.82) is 0 Å². The van der Waals surface area contributed by atoms with Gasteiger partial charge < -0.3 is 14.2 Å². The Morgan fingerprint density at radius 2 is 1.78 bits per heavy atom. The van der Waals surface area contributed by atoms with Crippen LogP contribution in [-0.2, 0) is 24.2 Å². The van der Waals surface area contributed by atoms with Gasteiger partial charge in [-0.15, -0.1) is 0 Å². The van der Waals surface area contributed by atoms with Crippen molar-refractivity contribution < 1.29 is 24.2 Å². The van der Waals surface area contributed by atoms with Gasteiger partial charge in [-0.3, -0.25) is 5.21 Å². The molecule has 0 aliphatic heterocycles. The number of ether oxygens (including phenoxy) is 3. The largest absolute Gasteiger partial charge is 0.496 e. The topological polar surface area (TPSA) is 68.2 Å². The lowest BCUT2D eigenvalue weighted by Gasteiger charge is -2.20. The zero-order valence-electron chi connectivity index (χ0n) is 16.5. The first-order valence-corrected chi connectivity index (χ1v) is 8.94. The van der Waals surface area contributed by atoms with Gasteiger partial charge in [0.1, 0.15) is 18.1 Å². The molecule has 0 fully saturated rings. The maximum atomic E-state index is 11.7. The molecule has 0 heterocycles. The Morgan fingerprint density at radius 3 is 2.37 bits per heavy atom. The van der Waals surface area contributed by atoms with Crippen LogP contribution in [0.4, 0.5) is 10.5 Å². The van der Waals surface area contributed by atoms with Crippen LogP contribution in [-0.4, -0.2) is 25.5 Å². The second-order valence-corrected chi connectivity index (χ2v) is 6.12. The molecular formula is C21H27NO5. The van der Waals surface area contributed by atoms with Crippen LogP contribution in [0.2, 0.25) is 0 Å². The third-order valence-corrected chi connectivity index (χ3v) is 4.56. The van der Waals surface area contributed by atoms with Crippen molar-refractivity contribution in [3.05, 3.63) is 52.6 Å². The fraction of sp³-hybridized carbons (Fsp3) is 0.381. The van der Waals surface area contributed by atoms with E-state index in [0.717, 1.165) is 24.2 Å². The molecule has 0 radical (unpaired) electrons. The summed E-state index contributed by atoms with van der Waals surface area (Å²) in [7, 11) is 2.73. The number of carbonyl (C=O) groups is 1. The highest BCUT2D eigenvalue weighted by atomic mass is 16.6. The monoisotopic (exact) mass is 373 g/mol. The van der Waals surface area contributed by atoms with Crippen LogP contribution in [0, 0.1) is 6.92 Å². The van der Waals surface area contributed by atoms with Gasteiger partial charge in [0, 0.05) is 0 Å². The van der Waals surface area contributed by atoms with Crippen LogP contribution in [0.5, 0.6) is 11.5 Å². The van der Waals surface area contributed by atoms with Crippen LogP contribution in [0.25, 0.3) is 0 Å². The molecule has 1 amide bonds. The first kappa shape index (κ1) is 20.6. The van der Waals surface area contributed by atoms with Crippen molar-refractivity contribution in [2.45, 2.75) is 40.2 Å². The number of nitrogens with zero attached hydrogens (tertiary/aromatic N) is 1. The highest BCUT2D eigenvalue weighted by Gasteiger charge is 2.21. The van der Waals surface area contributed by atoms with E-state index in [0.29, 0.717) is 16.4 Å². The van der Waals surface area contributed by atoms with Gasteiger partial charge in [0.25, 0.3) is 0 Å². The van der Waals surface area contributed by atoms with Gasteiger partial charge in [-0.2, -0.15) is 5.06 Å². The summed E-state index contributed by atoms with van der Waals surface area (Å²) in [5.41, 5.74) is 4.38. The zero-order chi connectivity index (χ0) is 20.0. The number of hydrogen-bond acceptors (Lipinski definition) is 5. The molecular weight excluding hydrogens is 346 g/mol. The predicted octanol–water partition coefficient (Wildman–Crippen LogP) is 4.67. The number of amides is 1. The molecule has 0 aliphatic rings. The molecule has 6 heteroatoms. The minimum absolute atomic E-state index is 0.130. The number of rotatable bonds is 7. The van der Waals surface area contributed by atoms with Gasteiger partial charge in [-0.1, -0.05) is 26.0 Å². The van der Waals surface area contributed by atoms with Crippen LogP contribution < -0.4 is 14.5 Å². The zero-order valence-corrected chi connectivity index (χ0v) is 16.5. The Labute approximate surface area is 160 Å². The molecule has 0 aromatic heterocycles. The minimum atomic E-state index is -0.887. The van der Waals surface area contributed by atoms with Gasteiger partial charge in [0.05, 0.1) is 25.5 Å². The average molecular weight is 373 g/mol. The van der Waals surface area contributed by atoms with Crippen molar-refractivity contribution in [2.75, 3.05) is 19.3 Å². The van der Waals surface area contributed by atoms with E-state index in [9.17, 15) is 10.0 Å². The Morgan fingerprint density at radius 1 is 1.07 bits per heavy atom. The first-order chi connectivity index (χ1) is 13.0. The number of methoxy groups -OCH3 is 2. The molecule has 2 aromatic rings. The van der Waals surface area contributed by atoms with E-state index in [1.165, 1.54) is 25.3 Å². The van der Waals surface area contributed by atoms with Crippen molar-refractivity contribution >= 4 is 11.8 Å². The maximum Gasteiger partial charge on any atom is 0.438 e. The smallest absolute Gasteiger partial charge is 0.438 e. The van der Waals surface area contributed by atoms with Crippen LogP contribution in [0.3, 0.4) is 0 Å². The van der Waals surface area contributed by atoms with Crippen molar-refractivity contribution in [2.24, 2.45) is 0 Å². The van der Waals surface area contributed by atoms with E-state index < -0.39 is 6.09 Å². The molecule has 2 aromatic carbocycles. The fourth-order valence-corrected chi connectivity index (χ4v) is 2.99. The molecule has 0 bridgehead atoms. The van der Waals surface area contributed by atoms with Crippen molar-refractivity contribution in [1.82, 2.24) is 0 Å². The summed E-state index contributed by atoms with van der Waals surface area (Å²) < 4.78 is 16.0. The summed E-state index contributed by atoms with van der Waals surface area (Å²) in [6.45, 7) is 6.40. The molecule has 6 nitrogen and oxygen atoms in total. The number of aryl methyl sites for hydroxylation is 3. The lowest BCUT2D eigenvalue weighted by Crippen LogP contribution is -2.28. The SMILES string of the molecule is CCc1cc(CC)c(OCc2c(OC)cccc2N(O)C(=O)OC)cc1C. The standard InChI is InChI=1S/C21H27NO5/c1-6-15-12-16(7-2)20(11-14(15)3)27-13-17-18(22(24)21(23)26-5)9-8-10-19(17)25-4/h8-12,24H,6-7,13H2,1-5H3. The Bertz CT molecular complexity index is 803. The quantitative estimate of drug-likeness (QED) is 0.564. The van der Waals surface area contributed by atoms with Crippen molar-refractivity contribution in [3.63, 3.8) is 0 Å². The number of carbonyl (C=O) groups excluding carboxylic acids is 1. The molecule has 0 saturated heterocycles. The summed E-state index contributed by atoms with van der Waals surface area (Å²) in [6.07, 6.45) is 0.922. The summed E-state index contributed by atoms with van der Waals surface area (Å²) >= 11 is 0. The minimum Gasteiger partial charge on any atom is -0.496 e.